The molecule has 11 nitrogen and oxygen atoms in total. The molecule has 0 atom stereocenters. The van der Waals surface area contributed by atoms with E-state index in [1.807, 2.05) is 0 Å². The van der Waals surface area contributed by atoms with Gasteiger partial charge >= 0.3 is 159 Å². The van der Waals surface area contributed by atoms with E-state index in [-0.39, 0.29) is 173 Å². The van der Waals surface area contributed by atoms with E-state index in [0.717, 1.165) is 0 Å². The first-order valence-electron chi connectivity index (χ1n) is 4.09. The molecule has 0 spiro atoms. The molecule has 0 fully saturated rings. The number of hydrogen-bond acceptors (Lipinski definition) is 8. The van der Waals surface area contributed by atoms with E-state index in [4.69, 9.17) is 25.9 Å². The molecule has 158 valence electrons. The summed E-state index contributed by atoms with van der Waals surface area (Å²) in [5.74, 6) is 0. The largest absolute Gasteiger partial charge is 1.00 e. The Morgan fingerprint density at radius 2 is 1.23 bits per heavy atom. The first-order chi connectivity index (χ1) is 10.9. The summed E-state index contributed by atoms with van der Waals surface area (Å²) in [6, 6.07) is 0.532. The molecule has 0 bridgehead atoms. The van der Waals surface area contributed by atoms with Crippen molar-refractivity contribution < 1.29 is 224 Å². The molecule has 31 heavy (non-hydrogen) atoms. The van der Waals surface area contributed by atoms with Crippen molar-refractivity contribution in [1.82, 2.24) is 0 Å². The molecule has 0 unspecified atom stereocenters. The van der Waals surface area contributed by atoms with Crippen LogP contribution in [0.25, 0.3) is 10.5 Å². The van der Waals surface area contributed by atoms with Crippen molar-refractivity contribution in [3.63, 3.8) is 0 Å². The molecule has 0 aromatic carbocycles. The normalized spacial score (nSPS) is 8.52. The van der Waals surface area contributed by atoms with Gasteiger partial charge in [-0.25, -0.2) is 16.8 Å². The summed E-state index contributed by atoms with van der Waals surface area (Å²) in [5.41, 5.74) is -10.9. The molecule has 0 aromatic heterocycles. The molecule has 0 aliphatic rings. The number of alkyl halides is 6. The van der Waals surface area contributed by atoms with Gasteiger partial charge in [0.25, 0.3) is 16.5 Å². The number of sulfonamides is 2. The first-order valence-corrected chi connectivity index (χ1v) is 7.81. The Balaban J connectivity index is -0.0000000205. The molecule has 26 heteroatoms. The third-order valence-electron chi connectivity index (χ3n) is 0.797. The maximum Gasteiger partial charge on any atom is 1.00 e. The molecule has 0 heterocycles. The minimum absolute atomic E-state index is 0. The maximum atomic E-state index is 11.2. The monoisotopic (exact) mass is 682 g/mol. The van der Waals surface area contributed by atoms with Crippen LogP contribution in [0, 0.1) is 10.2 Å². The van der Waals surface area contributed by atoms with E-state index < -0.39 is 31.1 Å². The van der Waals surface area contributed by atoms with Gasteiger partial charge in [0, 0.05) is 15.9 Å². The molecule has 0 radical (unpaired) electrons. The summed E-state index contributed by atoms with van der Waals surface area (Å²) in [5, 5.41) is 28.6. The first kappa shape index (κ1) is 64.6. The quantitative estimate of drug-likeness (QED) is 0.0682. The van der Waals surface area contributed by atoms with Gasteiger partial charge in [0.05, 0.1) is 0 Å². The van der Waals surface area contributed by atoms with Crippen LogP contribution in [0.4, 0.5) is 26.3 Å². The molecule has 0 aliphatic carbocycles. The topological polar surface area (TPSA) is 200 Å². The molecule has 0 rings (SSSR count). The zero-order valence-corrected chi connectivity index (χ0v) is 30.9. The van der Waals surface area contributed by atoms with Crippen molar-refractivity contribution in [2.75, 3.05) is 0 Å². The average molecular weight is 684 g/mol. The fourth-order valence-electron chi connectivity index (χ4n) is 0.106. The fourth-order valence-corrected chi connectivity index (χ4v) is 0.317. The number of hydrogen-bond donors (Lipinski definition) is 0. The van der Waals surface area contributed by atoms with Gasteiger partial charge < -0.3 is 43.5 Å². The standard InChI is InChI=1S/C2F3N2O2S.CBrN.CHF3NO2S.CH2O3.BrH.5Na.H/c3-2(4,5)10(8,9)7-1-6;2-1-3;2-1(3,4)8(5,6)7;2-1-4-3;;;;;;;/h;;(H-,5,6,7);1,3H;1H;;;;;;/q-1;;-1;;;5*+1;-1/p-2. The number of nitriles is 1. The van der Waals surface area contributed by atoms with Gasteiger partial charge in [-0.1, -0.05) is 0 Å². The smallest absolute Gasteiger partial charge is 1.00 e. The molecular weight excluding hydrogens is 681 g/mol. The molecule has 1 N–H and O–H groups in total. The van der Waals surface area contributed by atoms with Gasteiger partial charge in [-0.15, -0.1) is 6.01 Å². The Kier molecular flexibility index (Phi) is 70.2. The van der Waals surface area contributed by atoms with Crippen LogP contribution in [0.15, 0.2) is 4.40 Å². The summed E-state index contributed by atoms with van der Waals surface area (Å²) in [6.07, 6.45) is 0. The van der Waals surface area contributed by atoms with Crippen molar-refractivity contribution in [3.05, 3.63) is 10.5 Å². The third-order valence-corrected chi connectivity index (χ3v) is 2.31. The van der Waals surface area contributed by atoms with Crippen LogP contribution >= 0.6 is 15.9 Å². The van der Waals surface area contributed by atoms with Crippen LogP contribution < -0.4 is 170 Å². The fraction of sp³-hybridized carbons (Fsp3) is 0.400. The Morgan fingerprint density at radius 1 is 1.03 bits per heavy atom. The second-order valence-electron chi connectivity index (χ2n) is 2.34. The summed E-state index contributed by atoms with van der Waals surface area (Å²) in [4.78, 5) is 12.8. The number of carbonyl (C=O) groups is 1. The van der Waals surface area contributed by atoms with Crippen LogP contribution in [0.3, 0.4) is 0 Å². The van der Waals surface area contributed by atoms with Gasteiger partial charge in [0.1, 0.15) is 4.98 Å². The predicted molar refractivity (Wildman–Crippen MR) is 67.9 cm³/mol. The van der Waals surface area contributed by atoms with Gasteiger partial charge in [-0.3, -0.25) is 4.79 Å². The predicted octanol–water partition coefficient (Wildman–Crippen LogP) is -17.1. The Morgan fingerprint density at radius 3 is 1.26 bits per heavy atom. The van der Waals surface area contributed by atoms with E-state index in [1.54, 1.807) is 9.38 Å². The second-order valence-corrected chi connectivity index (χ2v) is 5.76. The van der Waals surface area contributed by atoms with E-state index in [2.05, 4.69) is 20.8 Å². The molecule has 0 aliphatic heterocycles. The Labute approximate surface area is 303 Å². The van der Waals surface area contributed by atoms with E-state index in [0.29, 0.717) is 6.01 Å². The average Bonchev–Trinajstić information content (AvgIpc) is 2.37. The second kappa shape index (κ2) is 33.7. The van der Waals surface area contributed by atoms with Crippen molar-refractivity contribution in [3.8, 4) is 4.98 Å². The zero-order chi connectivity index (χ0) is 21.5. The Bertz CT molecular complexity index is 706. The molecule has 0 saturated carbocycles. The van der Waals surface area contributed by atoms with Gasteiger partial charge in [0.2, 0.25) is 0 Å². The van der Waals surface area contributed by atoms with Crippen LogP contribution in [0.2, 0.25) is 0 Å². The minimum Gasteiger partial charge on any atom is -1.00 e. The van der Waals surface area contributed by atoms with Crippen molar-refractivity contribution in [1.29, 1.82) is 5.26 Å². The number of halogens is 8. The summed E-state index contributed by atoms with van der Waals surface area (Å²) in [7, 11) is -11.2. The molecule has 0 aromatic rings. The van der Waals surface area contributed by atoms with Gasteiger partial charge in [-0.05, 0) is 0 Å². The number of carbonyl (C=O) groups excluding carboxylic acids is 1. The van der Waals surface area contributed by atoms with Crippen LogP contribution in [0.1, 0.15) is 1.43 Å². The molecule has 0 saturated heterocycles. The van der Waals surface area contributed by atoms with E-state index in [1.165, 1.54) is 0 Å². The molecular formula is C5H3Br2F6N4Na5O7S2. The van der Waals surface area contributed by atoms with E-state index in [9.17, 15) is 43.2 Å². The summed E-state index contributed by atoms with van der Waals surface area (Å²) in [6.45, 7) is -0.181. The minimum atomic E-state index is -5.59. The number of nitrogens with one attached hydrogen (secondary N) is 1. The van der Waals surface area contributed by atoms with Gasteiger partial charge in [-0.2, -0.15) is 31.6 Å². The van der Waals surface area contributed by atoms with Crippen molar-refractivity contribution >= 4 is 48.5 Å². The molecule has 0 amide bonds. The summed E-state index contributed by atoms with van der Waals surface area (Å²) < 4.78 is 105. The van der Waals surface area contributed by atoms with Crippen molar-refractivity contribution in [2.24, 2.45) is 4.40 Å². The van der Waals surface area contributed by atoms with Crippen LogP contribution in [-0.2, 0) is 29.7 Å². The number of nitrogens with zero attached hydrogens (tertiary/aromatic N) is 3. The summed E-state index contributed by atoms with van der Waals surface area (Å²) >= 11 is 2.45. The number of rotatable bonds is 2. The van der Waals surface area contributed by atoms with Crippen LogP contribution in [-0.4, -0.2) is 40.3 Å². The SMILES string of the molecule is N#CBr.O=CO[O-].[Br-].[H-].[N-]=C=NS(=O)(=O)C(F)(F)F.[NH-]S(=O)(=O)C(F)(F)F.[Na+].[Na+].[Na+].[Na+].[Na+]. The van der Waals surface area contributed by atoms with E-state index >= 15 is 0 Å². The maximum absolute atomic E-state index is 11.2. The zero-order valence-electron chi connectivity index (χ0n) is 17.1. The van der Waals surface area contributed by atoms with Crippen molar-refractivity contribution in [2.45, 2.75) is 11.0 Å². The van der Waals surface area contributed by atoms with Crippen LogP contribution in [0.5, 0.6) is 0 Å². The Hall–Kier alpha value is 3.70. The van der Waals surface area contributed by atoms with Gasteiger partial charge in [0.15, 0.2) is 10.0 Å². The third kappa shape index (κ3) is 47.5.